The number of aryl methyl sites for hydroxylation is 1. The van der Waals surface area contributed by atoms with E-state index in [1.807, 2.05) is 17.3 Å². The van der Waals surface area contributed by atoms with E-state index in [0.29, 0.717) is 26.2 Å². The highest BCUT2D eigenvalue weighted by Gasteiger charge is 2.46. The van der Waals surface area contributed by atoms with Gasteiger partial charge in [0.05, 0.1) is 17.7 Å². The monoisotopic (exact) mass is 401 g/mol. The molecule has 3 aromatic rings. The number of hydrogen-bond acceptors (Lipinski definition) is 3. The van der Waals surface area contributed by atoms with E-state index in [2.05, 4.69) is 78.9 Å². The summed E-state index contributed by atoms with van der Waals surface area (Å²) in [6.07, 6.45) is 5.00. The molecule has 1 aromatic heterocycles. The summed E-state index contributed by atoms with van der Waals surface area (Å²) in [5, 5.41) is 0. The van der Waals surface area contributed by atoms with Gasteiger partial charge in [-0.2, -0.15) is 0 Å². The predicted octanol–water partition coefficient (Wildman–Crippen LogP) is 4.34. The van der Waals surface area contributed by atoms with Gasteiger partial charge in [0.25, 0.3) is 0 Å². The van der Waals surface area contributed by atoms with Crippen LogP contribution in [0, 0.1) is 6.92 Å². The zero-order chi connectivity index (χ0) is 20.9. The number of hydrogen-bond donors (Lipinski definition) is 0. The Morgan fingerprint density at radius 2 is 1.90 bits per heavy atom. The molecule has 2 aliphatic rings. The maximum absolute atomic E-state index is 13.2. The molecule has 1 fully saturated rings. The first-order chi connectivity index (χ1) is 14.4. The van der Waals surface area contributed by atoms with Crippen molar-refractivity contribution in [3.05, 3.63) is 77.6 Å². The van der Waals surface area contributed by atoms with Crippen molar-refractivity contribution in [3.8, 4) is 11.4 Å². The van der Waals surface area contributed by atoms with Gasteiger partial charge in [-0.15, -0.1) is 0 Å². The number of nitrogens with zero attached hydrogens (tertiary/aromatic N) is 3. The standard InChI is InChI=1S/C25H27N3O2/c1-18-8-10-19(11-9-18)25(13-12-22(29)28-17-30-16-24(28,2)3)21-7-5-4-6-20(21)23-26-14-15-27(23)25/h4-11,14-15H,12-13,16-17H2,1-3H3. The Morgan fingerprint density at radius 3 is 2.63 bits per heavy atom. The summed E-state index contributed by atoms with van der Waals surface area (Å²) in [5.74, 6) is 1.10. The van der Waals surface area contributed by atoms with Crippen LogP contribution in [0.4, 0.5) is 0 Å². The SMILES string of the molecule is Cc1ccc(C2(CCC(=O)N3COCC3(C)C)c3ccccc3-c3nccn32)cc1. The summed E-state index contributed by atoms with van der Waals surface area (Å²) in [6.45, 7) is 7.17. The van der Waals surface area contributed by atoms with Gasteiger partial charge in [0, 0.05) is 24.4 Å². The molecule has 0 radical (unpaired) electrons. The Labute approximate surface area is 177 Å². The summed E-state index contributed by atoms with van der Waals surface area (Å²) in [4.78, 5) is 19.7. The zero-order valence-corrected chi connectivity index (χ0v) is 17.8. The fourth-order valence-electron chi connectivity index (χ4n) is 4.97. The van der Waals surface area contributed by atoms with Crippen LogP contribution in [0.1, 0.15) is 43.4 Å². The third-order valence-corrected chi connectivity index (χ3v) is 6.60. The molecule has 1 saturated heterocycles. The quantitative estimate of drug-likeness (QED) is 0.653. The summed E-state index contributed by atoms with van der Waals surface area (Å²) in [5.41, 5.74) is 4.04. The Kier molecular flexibility index (Phi) is 4.33. The van der Waals surface area contributed by atoms with Crippen LogP contribution in [0.3, 0.4) is 0 Å². The molecule has 2 aliphatic heterocycles. The maximum atomic E-state index is 13.2. The number of amides is 1. The van der Waals surface area contributed by atoms with Gasteiger partial charge in [-0.3, -0.25) is 4.79 Å². The minimum atomic E-state index is -0.448. The molecule has 5 nitrogen and oxygen atoms in total. The van der Waals surface area contributed by atoms with Gasteiger partial charge < -0.3 is 14.2 Å². The van der Waals surface area contributed by atoms with Gasteiger partial charge in [0.15, 0.2) is 0 Å². The fourth-order valence-corrected chi connectivity index (χ4v) is 4.97. The normalized spacial score (nSPS) is 21.5. The molecule has 5 rings (SSSR count). The predicted molar refractivity (Wildman–Crippen MR) is 116 cm³/mol. The molecule has 1 atom stereocenters. The number of benzene rings is 2. The van der Waals surface area contributed by atoms with Crippen LogP contribution < -0.4 is 0 Å². The smallest absolute Gasteiger partial charge is 0.225 e. The lowest BCUT2D eigenvalue weighted by Crippen LogP contribution is -2.45. The second-order valence-electron chi connectivity index (χ2n) is 9.00. The molecule has 0 saturated carbocycles. The lowest BCUT2D eigenvalue weighted by molar-refractivity contribution is -0.135. The largest absolute Gasteiger partial charge is 0.359 e. The Hall–Kier alpha value is -2.92. The van der Waals surface area contributed by atoms with E-state index in [9.17, 15) is 4.79 Å². The van der Waals surface area contributed by atoms with Crippen LogP contribution in [-0.4, -0.2) is 39.2 Å². The molecule has 3 heterocycles. The Balaban J connectivity index is 1.59. The molecule has 5 heteroatoms. The first-order valence-electron chi connectivity index (χ1n) is 10.5. The minimum absolute atomic E-state index is 0.134. The molecule has 2 aromatic carbocycles. The molecule has 1 amide bonds. The maximum Gasteiger partial charge on any atom is 0.225 e. The third-order valence-electron chi connectivity index (χ3n) is 6.60. The Bertz CT molecular complexity index is 1100. The molecule has 1 unspecified atom stereocenters. The highest BCUT2D eigenvalue weighted by Crippen LogP contribution is 2.49. The van der Waals surface area contributed by atoms with Crippen LogP contribution in [-0.2, 0) is 15.1 Å². The van der Waals surface area contributed by atoms with Crippen molar-refractivity contribution in [2.75, 3.05) is 13.3 Å². The lowest BCUT2D eigenvalue weighted by Gasteiger charge is -2.35. The van der Waals surface area contributed by atoms with Crippen molar-refractivity contribution >= 4 is 5.91 Å². The molecule has 0 bridgehead atoms. The van der Waals surface area contributed by atoms with E-state index in [-0.39, 0.29) is 11.4 Å². The van der Waals surface area contributed by atoms with Crippen molar-refractivity contribution in [2.24, 2.45) is 0 Å². The summed E-state index contributed by atoms with van der Waals surface area (Å²) in [7, 11) is 0. The van der Waals surface area contributed by atoms with E-state index in [4.69, 9.17) is 4.74 Å². The second kappa shape index (κ2) is 6.81. The third kappa shape index (κ3) is 2.72. The molecule has 154 valence electrons. The van der Waals surface area contributed by atoms with E-state index >= 15 is 0 Å². The van der Waals surface area contributed by atoms with Crippen LogP contribution in [0.15, 0.2) is 60.9 Å². The van der Waals surface area contributed by atoms with Gasteiger partial charge in [-0.1, -0.05) is 54.1 Å². The van der Waals surface area contributed by atoms with Gasteiger partial charge in [0.2, 0.25) is 5.91 Å². The van der Waals surface area contributed by atoms with E-state index in [1.165, 1.54) is 16.7 Å². The van der Waals surface area contributed by atoms with E-state index < -0.39 is 5.54 Å². The lowest BCUT2D eigenvalue weighted by atomic mass is 9.79. The zero-order valence-electron chi connectivity index (χ0n) is 17.8. The van der Waals surface area contributed by atoms with Crippen molar-refractivity contribution in [1.29, 1.82) is 0 Å². The number of fused-ring (bicyclic) bond motifs is 3. The van der Waals surface area contributed by atoms with Gasteiger partial charge in [0.1, 0.15) is 12.6 Å². The number of carbonyl (C=O) groups excluding carboxylic acids is 1. The van der Waals surface area contributed by atoms with Gasteiger partial charge in [-0.05, 0) is 38.3 Å². The number of carbonyl (C=O) groups is 1. The van der Waals surface area contributed by atoms with Crippen molar-refractivity contribution in [3.63, 3.8) is 0 Å². The van der Waals surface area contributed by atoms with Crippen LogP contribution in [0.2, 0.25) is 0 Å². The second-order valence-corrected chi connectivity index (χ2v) is 9.00. The topological polar surface area (TPSA) is 47.4 Å². The van der Waals surface area contributed by atoms with Crippen LogP contribution in [0.5, 0.6) is 0 Å². The van der Waals surface area contributed by atoms with E-state index in [0.717, 1.165) is 11.4 Å². The number of aromatic nitrogens is 2. The highest BCUT2D eigenvalue weighted by atomic mass is 16.5. The van der Waals surface area contributed by atoms with Gasteiger partial charge in [-0.25, -0.2) is 4.98 Å². The minimum Gasteiger partial charge on any atom is -0.359 e. The fraction of sp³-hybridized carbons (Fsp3) is 0.360. The average Bonchev–Trinajstić information content (AvgIpc) is 3.41. The molecular formula is C25H27N3O2. The summed E-state index contributed by atoms with van der Waals surface area (Å²) in [6, 6.07) is 17.1. The van der Waals surface area contributed by atoms with Crippen LogP contribution >= 0.6 is 0 Å². The summed E-state index contributed by atoms with van der Waals surface area (Å²) < 4.78 is 7.83. The molecule has 0 spiro atoms. The molecule has 0 N–H and O–H groups in total. The van der Waals surface area contributed by atoms with Crippen LogP contribution in [0.25, 0.3) is 11.4 Å². The highest BCUT2D eigenvalue weighted by molar-refractivity contribution is 5.78. The first-order valence-corrected chi connectivity index (χ1v) is 10.5. The van der Waals surface area contributed by atoms with Crippen molar-refractivity contribution in [1.82, 2.24) is 14.5 Å². The Morgan fingerprint density at radius 1 is 1.13 bits per heavy atom. The first kappa shape index (κ1) is 19.1. The van der Waals surface area contributed by atoms with Crippen molar-refractivity contribution < 1.29 is 9.53 Å². The van der Waals surface area contributed by atoms with Gasteiger partial charge >= 0.3 is 0 Å². The van der Waals surface area contributed by atoms with E-state index in [1.54, 1.807) is 0 Å². The number of ether oxygens (including phenoxy) is 1. The molecule has 0 aliphatic carbocycles. The average molecular weight is 402 g/mol. The number of rotatable bonds is 4. The molecule has 30 heavy (non-hydrogen) atoms. The summed E-state index contributed by atoms with van der Waals surface area (Å²) >= 11 is 0. The number of imidazole rings is 1. The van der Waals surface area contributed by atoms with Crippen molar-refractivity contribution in [2.45, 2.75) is 44.7 Å². The molecular weight excluding hydrogens is 374 g/mol.